The Labute approximate surface area is 157 Å². The Hall–Kier alpha value is -3.28. The summed E-state index contributed by atoms with van der Waals surface area (Å²) < 4.78 is 20.7. The third kappa shape index (κ3) is 3.38. The highest BCUT2D eigenvalue weighted by molar-refractivity contribution is 5.90. The van der Waals surface area contributed by atoms with Crippen LogP contribution in [0.25, 0.3) is 0 Å². The molecule has 2 heterocycles. The maximum atomic E-state index is 13.4. The molecule has 0 spiro atoms. The first-order chi connectivity index (χ1) is 13.2. The highest BCUT2D eigenvalue weighted by atomic mass is 19.1. The van der Waals surface area contributed by atoms with E-state index < -0.39 is 0 Å². The van der Waals surface area contributed by atoms with Crippen LogP contribution < -0.4 is 10.1 Å². The number of nitrogens with zero attached hydrogens (tertiary/aromatic N) is 2. The molecule has 1 aliphatic rings. The first-order valence-electron chi connectivity index (χ1n) is 8.78. The second-order valence-electron chi connectivity index (χ2n) is 6.43. The highest BCUT2D eigenvalue weighted by Crippen LogP contribution is 2.33. The van der Waals surface area contributed by atoms with Gasteiger partial charge in [-0.15, -0.1) is 0 Å². The zero-order valence-corrected chi connectivity index (χ0v) is 14.9. The van der Waals surface area contributed by atoms with Crippen molar-refractivity contribution < 1.29 is 13.9 Å². The maximum Gasteiger partial charge on any atom is 0.322 e. The van der Waals surface area contributed by atoms with E-state index in [1.807, 2.05) is 18.3 Å². The van der Waals surface area contributed by atoms with Crippen molar-refractivity contribution in [1.29, 1.82) is 0 Å². The first kappa shape index (κ1) is 17.1. The minimum Gasteiger partial charge on any atom is -0.497 e. The van der Waals surface area contributed by atoms with Gasteiger partial charge in [0.15, 0.2) is 0 Å². The predicted octanol–water partition coefficient (Wildman–Crippen LogP) is 4.27. The molecule has 0 saturated heterocycles. The molecule has 2 aromatic carbocycles. The van der Waals surface area contributed by atoms with E-state index in [0.29, 0.717) is 12.2 Å². The summed E-state index contributed by atoms with van der Waals surface area (Å²) in [5.41, 5.74) is 2.58. The van der Waals surface area contributed by atoms with Crippen LogP contribution in [0.3, 0.4) is 0 Å². The quantitative estimate of drug-likeness (QED) is 0.753. The van der Waals surface area contributed by atoms with Crippen LogP contribution in [0.4, 0.5) is 14.9 Å². The van der Waals surface area contributed by atoms with Crippen LogP contribution in [0.1, 0.15) is 17.3 Å². The van der Waals surface area contributed by atoms with E-state index in [0.717, 1.165) is 23.6 Å². The molecule has 1 atom stereocenters. The van der Waals surface area contributed by atoms with Gasteiger partial charge in [0.1, 0.15) is 11.6 Å². The van der Waals surface area contributed by atoms with Gasteiger partial charge in [-0.1, -0.05) is 12.1 Å². The van der Waals surface area contributed by atoms with E-state index in [-0.39, 0.29) is 17.9 Å². The lowest BCUT2D eigenvalue weighted by molar-refractivity contribution is 0.182. The van der Waals surface area contributed by atoms with E-state index in [9.17, 15) is 9.18 Å². The summed E-state index contributed by atoms with van der Waals surface area (Å²) in [6.07, 6.45) is 2.00. The number of amides is 2. The summed E-state index contributed by atoms with van der Waals surface area (Å²) in [5.74, 6) is 0.437. The highest BCUT2D eigenvalue weighted by Gasteiger charge is 2.32. The Balaban J connectivity index is 1.63. The Morgan fingerprint density at radius 2 is 1.81 bits per heavy atom. The summed E-state index contributed by atoms with van der Waals surface area (Å²) in [4.78, 5) is 14.8. The summed E-state index contributed by atoms with van der Waals surface area (Å²) >= 11 is 0. The molecule has 0 bridgehead atoms. The van der Waals surface area contributed by atoms with Gasteiger partial charge >= 0.3 is 6.03 Å². The Bertz CT molecular complexity index is 935. The topological polar surface area (TPSA) is 46.5 Å². The number of fused-ring (bicyclic) bond motifs is 1. The Morgan fingerprint density at radius 1 is 1.07 bits per heavy atom. The number of benzene rings is 2. The number of hydrogen-bond acceptors (Lipinski definition) is 2. The van der Waals surface area contributed by atoms with Crippen LogP contribution in [-0.2, 0) is 6.54 Å². The van der Waals surface area contributed by atoms with Crippen molar-refractivity contribution in [3.8, 4) is 5.75 Å². The Kier molecular flexibility index (Phi) is 4.54. The zero-order chi connectivity index (χ0) is 18.8. The van der Waals surface area contributed by atoms with Crippen molar-refractivity contribution in [1.82, 2.24) is 9.47 Å². The molecule has 0 fully saturated rings. The fraction of sp³-hybridized carbons (Fsp3) is 0.190. The van der Waals surface area contributed by atoms with Crippen LogP contribution in [0.15, 0.2) is 66.9 Å². The van der Waals surface area contributed by atoms with Crippen LogP contribution >= 0.6 is 0 Å². The monoisotopic (exact) mass is 365 g/mol. The number of aromatic nitrogens is 1. The molecule has 5 nitrogen and oxygen atoms in total. The van der Waals surface area contributed by atoms with Gasteiger partial charge in [-0.3, -0.25) is 0 Å². The standard InChI is InChI=1S/C21H20FN3O2/c1-27-18-10-8-17(9-11-18)23-21(26)25-14-13-24-12-2-3-19(24)20(25)15-4-6-16(22)7-5-15/h2-12,20H,13-14H2,1H3,(H,23,26)/t20-/m0/s1. The van der Waals surface area contributed by atoms with Crippen LogP contribution in [0, 0.1) is 5.82 Å². The van der Waals surface area contributed by atoms with Crippen molar-refractivity contribution >= 4 is 11.7 Å². The normalized spacial score (nSPS) is 15.9. The number of ether oxygens (including phenoxy) is 1. The molecule has 6 heteroatoms. The number of hydrogen-bond donors (Lipinski definition) is 1. The molecule has 0 aliphatic carbocycles. The fourth-order valence-electron chi connectivity index (χ4n) is 3.47. The third-order valence-electron chi connectivity index (χ3n) is 4.83. The smallest absolute Gasteiger partial charge is 0.322 e. The molecule has 0 radical (unpaired) electrons. The van der Waals surface area contributed by atoms with Crippen molar-refractivity contribution in [2.45, 2.75) is 12.6 Å². The predicted molar refractivity (Wildman–Crippen MR) is 101 cm³/mol. The third-order valence-corrected chi connectivity index (χ3v) is 4.83. The average Bonchev–Trinajstić information content (AvgIpc) is 3.17. The molecule has 1 aromatic heterocycles. The van der Waals surface area contributed by atoms with E-state index in [4.69, 9.17) is 4.74 Å². The zero-order valence-electron chi connectivity index (χ0n) is 14.9. The molecule has 1 N–H and O–H groups in total. The largest absolute Gasteiger partial charge is 0.497 e. The molecule has 27 heavy (non-hydrogen) atoms. The summed E-state index contributed by atoms with van der Waals surface area (Å²) in [5, 5.41) is 2.95. The lowest BCUT2D eigenvalue weighted by Crippen LogP contribution is -2.44. The van der Waals surface area contributed by atoms with Gasteiger partial charge in [-0.2, -0.15) is 0 Å². The number of halogens is 1. The lowest BCUT2D eigenvalue weighted by Gasteiger charge is -2.37. The van der Waals surface area contributed by atoms with Crippen LogP contribution in [0.5, 0.6) is 5.75 Å². The van der Waals surface area contributed by atoms with Crippen LogP contribution in [-0.4, -0.2) is 29.2 Å². The molecular weight excluding hydrogens is 345 g/mol. The van der Waals surface area contributed by atoms with Gasteiger partial charge in [0.2, 0.25) is 0 Å². The number of carbonyl (C=O) groups is 1. The van der Waals surface area contributed by atoms with E-state index in [1.54, 1.807) is 48.4 Å². The molecular formula is C21H20FN3O2. The summed E-state index contributed by atoms with van der Waals surface area (Å²) in [7, 11) is 1.60. The van der Waals surface area contributed by atoms with Gasteiger partial charge < -0.3 is 19.5 Å². The van der Waals surface area contributed by atoms with Crippen molar-refractivity contribution in [2.24, 2.45) is 0 Å². The molecule has 0 unspecified atom stereocenters. The first-order valence-corrected chi connectivity index (χ1v) is 8.78. The SMILES string of the molecule is COc1ccc(NC(=O)N2CCn3cccc3[C@@H]2c2ccc(F)cc2)cc1. The number of rotatable bonds is 3. The Morgan fingerprint density at radius 3 is 2.52 bits per heavy atom. The second-order valence-corrected chi connectivity index (χ2v) is 6.43. The van der Waals surface area contributed by atoms with Gasteiger partial charge in [0, 0.05) is 30.7 Å². The van der Waals surface area contributed by atoms with Gasteiger partial charge in [0.05, 0.1) is 13.2 Å². The van der Waals surface area contributed by atoms with Crippen molar-refractivity contribution in [2.75, 3.05) is 19.0 Å². The van der Waals surface area contributed by atoms with E-state index in [2.05, 4.69) is 9.88 Å². The summed E-state index contributed by atoms with van der Waals surface area (Å²) in [6, 6.07) is 17.0. The van der Waals surface area contributed by atoms with E-state index in [1.165, 1.54) is 12.1 Å². The number of anilines is 1. The fourth-order valence-corrected chi connectivity index (χ4v) is 3.47. The lowest BCUT2D eigenvalue weighted by atomic mass is 10.0. The molecule has 3 aromatic rings. The second kappa shape index (κ2) is 7.15. The number of carbonyl (C=O) groups excluding carboxylic acids is 1. The number of urea groups is 1. The minimum atomic E-state index is -0.292. The molecule has 4 rings (SSSR count). The van der Waals surface area contributed by atoms with Crippen molar-refractivity contribution in [3.63, 3.8) is 0 Å². The molecule has 0 saturated carbocycles. The minimum absolute atomic E-state index is 0.193. The molecule has 2 amide bonds. The maximum absolute atomic E-state index is 13.4. The van der Waals surface area contributed by atoms with Crippen molar-refractivity contribution in [3.05, 3.63) is 83.9 Å². The molecule has 138 valence electrons. The molecule has 1 aliphatic heterocycles. The number of nitrogens with one attached hydrogen (secondary N) is 1. The van der Waals surface area contributed by atoms with Gasteiger partial charge in [-0.05, 0) is 54.1 Å². The average molecular weight is 365 g/mol. The van der Waals surface area contributed by atoms with Gasteiger partial charge in [0.25, 0.3) is 0 Å². The van der Waals surface area contributed by atoms with Crippen LogP contribution in [0.2, 0.25) is 0 Å². The number of methoxy groups -OCH3 is 1. The summed E-state index contributed by atoms with van der Waals surface area (Å²) in [6.45, 7) is 1.28. The van der Waals surface area contributed by atoms with Gasteiger partial charge in [-0.25, -0.2) is 9.18 Å². The van der Waals surface area contributed by atoms with E-state index >= 15 is 0 Å².